The van der Waals surface area contributed by atoms with E-state index >= 15 is 0 Å². The van der Waals surface area contributed by atoms with Gasteiger partial charge in [-0.2, -0.15) is 0 Å². The molecule has 2 heterocycles. The van der Waals surface area contributed by atoms with Crippen LogP contribution in [0.1, 0.15) is 22.5 Å². The lowest BCUT2D eigenvalue weighted by atomic mass is 10.2. The Kier molecular flexibility index (Phi) is 8.58. The molecule has 1 saturated heterocycles. The minimum absolute atomic E-state index is 0.0233. The SMILES string of the molecule is O=C(Nc1cccc(SC2CC(=O)N(c3cc(Cl)ccc3Cl)C2=O)c1)/C(=C/c1ccco1)NC(=O)c1ccccc1. The number of benzene rings is 3. The number of furan rings is 1. The Morgan fingerprint density at radius 1 is 0.951 bits per heavy atom. The van der Waals surface area contributed by atoms with Crippen LogP contribution in [0.15, 0.2) is 106 Å². The second-order valence-corrected chi connectivity index (χ2v) is 11.0. The zero-order valence-corrected chi connectivity index (χ0v) is 23.5. The topological polar surface area (TPSA) is 109 Å². The van der Waals surface area contributed by atoms with Crippen LogP contribution in [0.2, 0.25) is 10.0 Å². The molecule has 2 N–H and O–H groups in total. The lowest BCUT2D eigenvalue weighted by Gasteiger charge is -2.17. The number of amides is 4. The fourth-order valence-electron chi connectivity index (χ4n) is 4.07. The van der Waals surface area contributed by atoms with Gasteiger partial charge in [-0.25, -0.2) is 4.90 Å². The predicted octanol–water partition coefficient (Wildman–Crippen LogP) is 6.42. The summed E-state index contributed by atoms with van der Waals surface area (Å²) in [7, 11) is 0. The molecule has 1 aliphatic rings. The summed E-state index contributed by atoms with van der Waals surface area (Å²) in [5.41, 5.74) is 1.02. The molecule has 0 bridgehead atoms. The molecule has 0 spiro atoms. The van der Waals surface area contributed by atoms with Crippen LogP contribution in [0.5, 0.6) is 0 Å². The summed E-state index contributed by atoms with van der Waals surface area (Å²) in [5.74, 6) is -1.46. The van der Waals surface area contributed by atoms with Gasteiger partial charge in [0.1, 0.15) is 11.5 Å². The van der Waals surface area contributed by atoms with E-state index in [2.05, 4.69) is 10.6 Å². The Morgan fingerprint density at radius 2 is 1.76 bits per heavy atom. The maximum absolute atomic E-state index is 13.2. The summed E-state index contributed by atoms with van der Waals surface area (Å²) in [5, 5.41) is 5.32. The molecule has 1 fully saturated rings. The highest BCUT2D eigenvalue weighted by molar-refractivity contribution is 8.00. The Balaban J connectivity index is 1.31. The molecule has 0 saturated carbocycles. The molecule has 3 aromatic carbocycles. The minimum atomic E-state index is -0.692. The number of nitrogens with zero attached hydrogens (tertiary/aromatic N) is 1. The number of carbonyl (C=O) groups excluding carboxylic acids is 4. The van der Waals surface area contributed by atoms with Crippen molar-refractivity contribution in [2.24, 2.45) is 0 Å². The van der Waals surface area contributed by atoms with E-state index in [4.69, 9.17) is 27.6 Å². The zero-order chi connectivity index (χ0) is 28.9. The Morgan fingerprint density at radius 3 is 2.51 bits per heavy atom. The second kappa shape index (κ2) is 12.5. The van der Waals surface area contributed by atoms with E-state index in [0.717, 1.165) is 4.90 Å². The van der Waals surface area contributed by atoms with Crippen LogP contribution in [0.4, 0.5) is 11.4 Å². The van der Waals surface area contributed by atoms with Gasteiger partial charge in [0, 0.05) is 33.7 Å². The van der Waals surface area contributed by atoms with Crippen molar-refractivity contribution in [1.82, 2.24) is 5.32 Å². The summed E-state index contributed by atoms with van der Waals surface area (Å²) in [4.78, 5) is 53.6. The van der Waals surface area contributed by atoms with Crippen molar-refractivity contribution >= 4 is 76.0 Å². The lowest BCUT2D eigenvalue weighted by Crippen LogP contribution is -2.31. The van der Waals surface area contributed by atoms with E-state index in [1.807, 2.05) is 0 Å². The number of rotatable bonds is 8. The molecule has 4 aromatic rings. The van der Waals surface area contributed by atoms with Gasteiger partial charge in [-0.15, -0.1) is 11.8 Å². The Labute approximate surface area is 249 Å². The second-order valence-electron chi connectivity index (χ2n) is 8.85. The number of halogens is 2. The molecule has 4 amide bonds. The number of thioether (sulfide) groups is 1. The largest absolute Gasteiger partial charge is 0.465 e. The van der Waals surface area contributed by atoms with Gasteiger partial charge < -0.3 is 15.1 Å². The third kappa shape index (κ3) is 6.71. The number of nitrogens with one attached hydrogen (secondary N) is 2. The van der Waals surface area contributed by atoms with E-state index in [-0.39, 0.29) is 28.7 Å². The summed E-state index contributed by atoms with van der Waals surface area (Å²) in [6.45, 7) is 0. The maximum atomic E-state index is 13.2. The number of carbonyl (C=O) groups is 4. The van der Waals surface area contributed by atoms with E-state index in [1.165, 1.54) is 36.2 Å². The Hall–Kier alpha value is -4.31. The number of hydrogen-bond donors (Lipinski definition) is 2. The van der Waals surface area contributed by atoms with Crippen LogP contribution in [0.3, 0.4) is 0 Å². The lowest BCUT2D eigenvalue weighted by molar-refractivity contribution is -0.121. The average Bonchev–Trinajstić information content (AvgIpc) is 3.57. The van der Waals surface area contributed by atoms with E-state index in [9.17, 15) is 19.2 Å². The van der Waals surface area contributed by atoms with Gasteiger partial charge >= 0.3 is 0 Å². The molecular weight excluding hydrogens is 585 g/mol. The van der Waals surface area contributed by atoms with Gasteiger partial charge in [-0.3, -0.25) is 19.2 Å². The van der Waals surface area contributed by atoms with Gasteiger partial charge in [0.15, 0.2) is 0 Å². The molecule has 1 aliphatic heterocycles. The monoisotopic (exact) mass is 605 g/mol. The molecule has 1 unspecified atom stereocenters. The molecule has 8 nitrogen and oxygen atoms in total. The highest BCUT2D eigenvalue weighted by atomic mass is 35.5. The molecule has 41 heavy (non-hydrogen) atoms. The molecule has 1 aromatic heterocycles. The standard InChI is InChI=1S/C30H21Cl2N3O5S/c31-19-11-12-23(32)25(14-19)35-27(36)17-26(30(35)39)41-22-10-4-8-20(15-22)33-29(38)24(16-21-9-5-13-40-21)34-28(37)18-6-2-1-3-7-18/h1-16,26H,17H2,(H,33,38)(H,34,37)/b24-16-. The summed E-state index contributed by atoms with van der Waals surface area (Å²) in [6.07, 6.45) is 2.86. The van der Waals surface area contributed by atoms with Gasteiger partial charge in [0.05, 0.1) is 22.2 Å². The van der Waals surface area contributed by atoms with Crippen molar-refractivity contribution < 1.29 is 23.6 Å². The summed E-state index contributed by atoms with van der Waals surface area (Å²) in [6, 6.07) is 23.2. The highest BCUT2D eigenvalue weighted by Crippen LogP contribution is 2.38. The fourth-order valence-corrected chi connectivity index (χ4v) is 5.56. The molecule has 206 valence electrons. The van der Waals surface area contributed by atoms with E-state index in [1.54, 1.807) is 72.8 Å². The van der Waals surface area contributed by atoms with Gasteiger partial charge in [-0.1, -0.05) is 47.5 Å². The van der Waals surface area contributed by atoms with Crippen molar-refractivity contribution in [3.8, 4) is 0 Å². The first-order chi connectivity index (χ1) is 19.8. The molecule has 5 rings (SSSR count). The molecule has 0 aliphatic carbocycles. The van der Waals surface area contributed by atoms with Crippen molar-refractivity contribution in [2.75, 3.05) is 10.2 Å². The first kappa shape index (κ1) is 28.2. The molecule has 11 heteroatoms. The van der Waals surface area contributed by atoms with Crippen molar-refractivity contribution in [3.05, 3.63) is 118 Å². The zero-order valence-electron chi connectivity index (χ0n) is 21.2. The molecular formula is C30H21Cl2N3O5S. The van der Waals surface area contributed by atoms with E-state index in [0.29, 0.717) is 26.9 Å². The fraction of sp³-hybridized carbons (Fsp3) is 0.0667. The van der Waals surface area contributed by atoms with Gasteiger partial charge in [0.25, 0.3) is 11.8 Å². The number of hydrogen-bond acceptors (Lipinski definition) is 6. The maximum Gasteiger partial charge on any atom is 0.272 e. The van der Waals surface area contributed by atoms with Crippen LogP contribution in [-0.2, 0) is 14.4 Å². The average molecular weight is 606 g/mol. The third-order valence-corrected chi connectivity index (χ3v) is 7.72. The van der Waals surface area contributed by atoms with Crippen LogP contribution in [0, 0.1) is 0 Å². The van der Waals surface area contributed by atoms with Gasteiger partial charge in [-0.05, 0) is 60.7 Å². The first-order valence-electron chi connectivity index (χ1n) is 12.3. The quantitative estimate of drug-likeness (QED) is 0.177. The number of anilines is 2. The van der Waals surface area contributed by atoms with Crippen LogP contribution in [0.25, 0.3) is 6.08 Å². The minimum Gasteiger partial charge on any atom is -0.465 e. The predicted molar refractivity (Wildman–Crippen MR) is 159 cm³/mol. The van der Waals surface area contributed by atoms with Crippen molar-refractivity contribution in [2.45, 2.75) is 16.6 Å². The normalized spacial score (nSPS) is 15.2. The smallest absolute Gasteiger partial charge is 0.272 e. The number of imide groups is 1. The third-order valence-electron chi connectivity index (χ3n) is 5.98. The van der Waals surface area contributed by atoms with Crippen LogP contribution >= 0.6 is 35.0 Å². The van der Waals surface area contributed by atoms with Crippen LogP contribution in [-0.4, -0.2) is 28.9 Å². The van der Waals surface area contributed by atoms with Crippen molar-refractivity contribution in [3.63, 3.8) is 0 Å². The summed E-state index contributed by atoms with van der Waals surface area (Å²) >= 11 is 13.5. The van der Waals surface area contributed by atoms with Crippen LogP contribution < -0.4 is 15.5 Å². The highest BCUT2D eigenvalue weighted by Gasteiger charge is 2.41. The molecule has 1 atom stereocenters. The molecule has 0 radical (unpaired) electrons. The van der Waals surface area contributed by atoms with Gasteiger partial charge in [0.2, 0.25) is 11.8 Å². The summed E-state index contributed by atoms with van der Waals surface area (Å²) < 4.78 is 5.33. The first-order valence-corrected chi connectivity index (χ1v) is 13.9. The van der Waals surface area contributed by atoms with E-state index < -0.39 is 23.0 Å². The van der Waals surface area contributed by atoms with Crippen molar-refractivity contribution in [1.29, 1.82) is 0 Å². The Bertz CT molecular complexity index is 1660.